The Labute approximate surface area is 170 Å². The minimum Gasteiger partial charge on any atom is -0.441 e. The summed E-state index contributed by atoms with van der Waals surface area (Å²) in [5, 5.41) is 0.544. The molecule has 29 heavy (non-hydrogen) atoms. The molecule has 1 heterocycles. The van der Waals surface area contributed by atoms with Crippen LogP contribution in [-0.4, -0.2) is 22.8 Å². The molecule has 1 aromatic heterocycles. The molecule has 0 fully saturated rings. The quantitative estimate of drug-likeness (QED) is 0.519. The van der Waals surface area contributed by atoms with Crippen LogP contribution in [0.3, 0.4) is 0 Å². The van der Waals surface area contributed by atoms with Crippen molar-refractivity contribution < 1.29 is 22.4 Å². The number of halogens is 4. The van der Waals surface area contributed by atoms with Crippen LogP contribution in [0.15, 0.2) is 59.1 Å². The maximum Gasteiger partial charge on any atom is 0.416 e. The van der Waals surface area contributed by atoms with E-state index in [1.807, 2.05) is 18.2 Å². The topological polar surface area (TPSA) is 46.3 Å². The van der Waals surface area contributed by atoms with Gasteiger partial charge >= 0.3 is 6.18 Å². The van der Waals surface area contributed by atoms with Crippen molar-refractivity contribution in [3.05, 3.63) is 76.8 Å². The highest BCUT2D eigenvalue weighted by Gasteiger charge is 2.30. The van der Waals surface area contributed by atoms with Gasteiger partial charge < -0.3 is 9.32 Å². The van der Waals surface area contributed by atoms with Gasteiger partial charge in [0.1, 0.15) is 0 Å². The first-order chi connectivity index (χ1) is 13.7. The van der Waals surface area contributed by atoms with Crippen LogP contribution >= 0.6 is 11.6 Å². The van der Waals surface area contributed by atoms with Crippen LogP contribution in [-0.2, 0) is 23.9 Å². The molecule has 0 radical (unpaired) electrons. The number of alkyl halides is 3. The summed E-state index contributed by atoms with van der Waals surface area (Å²) < 4.78 is 43.5. The second kappa shape index (κ2) is 8.69. The van der Waals surface area contributed by atoms with Gasteiger partial charge in [-0.05, 0) is 29.8 Å². The third-order valence-corrected chi connectivity index (χ3v) is 4.70. The van der Waals surface area contributed by atoms with Crippen molar-refractivity contribution in [1.29, 1.82) is 0 Å². The van der Waals surface area contributed by atoms with E-state index in [9.17, 15) is 18.0 Å². The van der Waals surface area contributed by atoms with Crippen LogP contribution in [0, 0.1) is 0 Å². The average molecular weight is 423 g/mol. The summed E-state index contributed by atoms with van der Waals surface area (Å²) in [6.45, 7) is 0.216. The third kappa shape index (κ3) is 5.38. The number of aromatic nitrogens is 1. The molecule has 2 aromatic carbocycles. The number of carbonyl (C=O) groups excluding carboxylic acids is 1. The first-order valence-corrected chi connectivity index (χ1v) is 9.21. The second-order valence-electron chi connectivity index (χ2n) is 6.54. The highest BCUT2D eigenvalue weighted by atomic mass is 35.5. The van der Waals surface area contributed by atoms with Gasteiger partial charge in [0.2, 0.25) is 5.91 Å². The summed E-state index contributed by atoms with van der Waals surface area (Å²) >= 11 is 6.14. The monoisotopic (exact) mass is 422 g/mol. The zero-order chi connectivity index (χ0) is 21.0. The predicted octanol–water partition coefficient (Wildman–Crippen LogP) is 5.61. The summed E-state index contributed by atoms with van der Waals surface area (Å²) in [4.78, 5) is 18.0. The smallest absolute Gasteiger partial charge is 0.416 e. The lowest BCUT2D eigenvalue weighted by molar-refractivity contribution is -0.137. The van der Waals surface area contributed by atoms with Crippen molar-refractivity contribution in [3.63, 3.8) is 0 Å². The predicted molar refractivity (Wildman–Crippen MR) is 103 cm³/mol. The Morgan fingerprint density at radius 2 is 1.83 bits per heavy atom. The van der Waals surface area contributed by atoms with Crippen LogP contribution in [0.1, 0.15) is 23.4 Å². The number of oxazole rings is 1. The molecule has 0 aliphatic rings. The van der Waals surface area contributed by atoms with Gasteiger partial charge in [0.25, 0.3) is 0 Å². The minimum atomic E-state index is -4.38. The molecular weight excluding hydrogens is 405 g/mol. The van der Waals surface area contributed by atoms with Crippen LogP contribution in [0.25, 0.3) is 11.3 Å². The molecule has 0 saturated heterocycles. The Morgan fingerprint density at radius 3 is 2.48 bits per heavy atom. The number of nitrogens with zero attached hydrogens (tertiary/aromatic N) is 2. The van der Waals surface area contributed by atoms with E-state index >= 15 is 0 Å². The molecule has 0 unspecified atom stereocenters. The second-order valence-corrected chi connectivity index (χ2v) is 6.95. The van der Waals surface area contributed by atoms with E-state index in [1.165, 1.54) is 17.0 Å². The molecule has 0 aliphatic carbocycles. The molecule has 0 saturated carbocycles. The Morgan fingerprint density at radius 1 is 1.14 bits per heavy atom. The summed E-state index contributed by atoms with van der Waals surface area (Å²) in [5.74, 6) is 0.773. The lowest BCUT2D eigenvalue weighted by atomic mass is 10.1. The lowest BCUT2D eigenvalue weighted by Gasteiger charge is -2.17. The SMILES string of the molecule is CN(Cc1ccc(C(F)(F)F)cc1)C(=O)CCc1ncc(-c2ccccc2Cl)o1. The highest BCUT2D eigenvalue weighted by Crippen LogP contribution is 2.29. The first-order valence-electron chi connectivity index (χ1n) is 8.84. The van der Waals surface area contributed by atoms with Crippen LogP contribution in [0.2, 0.25) is 5.02 Å². The van der Waals surface area contributed by atoms with Crippen LogP contribution in [0.4, 0.5) is 13.2 Å². The average Bonchev–Trinajstić information content (AvgIpc) is 3.15. The van der Waals surface area contributed by atoms with Crippen LogP contribution < -0.4 is 0 Å². The van der Waals surface area contributed by atoms with Gasteiger partial charge in [-0.2, -0.15) is 13.2 Å². The van der Waals surface area contributed by atoms with E-state index in [2.05, 4.69) is 4.98 Å². The maximum atomic E-state index is 12.6. The minimum absolute atomic E-state index is 0.164. The fourth-order valence-electron chi connectivity index (χ4n) is 2.78. The fourth-order valence-corrected chi connectivity index (χ4v) is 3.01. The summed E-state index contributed by atoms with van der Waals surface area (Å²) in [5.41, 5.74) is 0.623. The van der Waals surface area contributed by atoms with E-state index in [-0.39, 0.29) is 18.9 Å². The molecule has 3 rings (SSSR count). The third-order valence-electron chi connectivity index (χ3n) is 4.37. The van der Waals surface area contributed by atoms with E-state index in [0.717, 1.165) is 17.7 Å². The normalized spacial score (nSPS) is 11.5. The molecule has 4 nitrogen and oxygen atoms in total. The molecule has 0 atom stereocenters. The first kappa shape index (κ1) is 20.9. The maximum absolute atomic E-state index is 12.6. The van der Waals surface area contributed by atoms with Gasteiger partial charge in [0.15, 0.2) is 11.7 Å². The van der Waals surface area contributed by atoms with Crippen molar-refractivity contribution in [2.75, 3.05) is 7.05 Å². The molecule has 0 bridgehead atoms. The molecule has 1 amide bonds. The van der Waals surface area contributed by atoms with E-state index in [1.54, 1.807) is 19.3 Å². The van der Waals surface area contributed by atoms with Crippen molar-refractivity contribution in [2.45, 2.75) is 25.6 Å². The van der Waals surface area contributed by atoms with E-state index in [4.69, 9.17) is 16.0 Å². The van der Waals surface area contributed by atoms with Gasteiger partial charge in [0.05, 0.1) is 16.8 Å². The molecule has 152 valence electrons. The molecule has 0 spiro atoms. The zero-order valence-corrected chi connectivity index (χ0v) is 16.3. The fraction of sp³-hybridized carbons (Fsp3) is 0.238. The molecule has 3 aromatic rings. The number of hydrogen-bond donors (Lipinski definition) is 0. The van der Waals surface area contributed by atoms with Gasteiger partial charge in [-0.15, -0.1) is 0 Å². The van der Waals surface area contributed by atoms with Crippen molar-refractivity contribution in [2.24, 2.45) is 0 Å². The Bertz CT molecular complexity index is 984. The Hall–Kier alpha value is -2.80. The lowest BCUT2D eigenvalue weighted by Crippen LogP contribution is -2.26. The number of benzene rings is 2. The van der Waals surface area contributed by atoms with Gasteiger partial charge in [0, 0.05) is 32.0 Å². The van der Waals surface area contributed by atoms with Gasteiger partial charge in [-0.3, -0.25) is 4.79 Å². The summed E-state index contributed by atoms with van der Waals surface area (Å²) in [6.07, 6.45) is -2.34. The molecule has 0 aliphatic heterocycles. The summed E-state index contributed by atoms with van der Waals surface area (Å²) in [6, 6.07) is 12.0. The van der Waals surface area contributed by atoms with Gasteiger partial charge in [-0.1, -0.05) is 35.9 Å². The van der Waals surface area contributed by atoms with Crippen molar-refractivity contribution >= 4 is 17.5 Å². The number of rotatable bonds is 6. The van der Waals surface area contributed by atoms with Crippen LogP contribution in [0.5, 0.6) is 0 Å². The van der Waals surface area contributed by atoms with Crippen molar-refractivity contribution in [3.8, 4) is 11.3 Å². The van der Waals surface area contributed by atoms with E-state index in [0.29, 0.717) is 28.7 Å². The Kier molecular flexibility index (Phi) is 6.27. The number of amides is 1. The molecule has 8 heteroatoms. The van der Waals surface area contributed by atoms with Gasteiger partial charge in [-0.25, -0.2) is 4.98 Å². The highest BCUT2D eigenvalue weighted by molar-refractivity contribution is 6.33. The number of carbonyl (C=O) groups is 1. The largest absolute Gasteiger partial charge is 0.441 e. The number of hydrogen-bond acceptors (Lipinski definition) is 3. The number of aryl methyl sites for hydroxylation is 1. The molecule has 0 N–H and O–H groups in total. The van der Waals surface area contributed by atoms with E-state index < -0.39 is 11.7 Å². The standard InChI is InChI=1S/C21H18ClF3N2O2/c1-27(13-14-6-8-15(9-7-14)21(23,24)25)20(28)11-10-19-26-12-18(29-19)16-4-2-3-5-17(16)22/h2-9,12H,10-11,13H2,1H3. The zero-order valence-electron chi connectivity index (χ0n) is 15.5. The summed E-state index contributed by atoms with van der Waals surface area (Å²) in [7, 11) is 1.60. The van der Waals surface area contributed by atoms with Crippen molar-refractivity contribution in [1.82, 2.24) is 9.88 Å². The Balaban J connectivity index is 1.55. The molecular formula is C21H18ClF3N2O2.